The summed E-state index contributed by atoms with van der Waals surface area (Å²) in [5.41, 5.74) is 0.739. The second-order valence-electron chi connectivity index (χ2n) is 3.71. The minimum Gasteiger partial charge on any atom is -0.496 e. The van der Waals surface area contributed by atoms with E-state index in [1.165, 1.54) is 19.2 Å². The van der Waals surface area contributed by atoms with Crippen LogP contribution >= 0.6 is 0 Å². The van der Waals surface area contributed by atoms with Gasteiger partial charge in [-0.25, -0.2) is 0 Å². The van der Waals surface area contributed by atoms with E-state index >= 15 is 0 Å². The molecule has 0 unspecified atom stereocenters. The van der Waals surface area contributed by atoms with Gasteiger partial charge in [0.05, 0.1) is 24.6 Å². The first-order chi connectivity index (χ1) is 8.62. The van der Waals surface area contributed by atoms with E-state index in [2.05, 4.69) is 6.07 Å². The van der Waals surface area contributed by atoms with Crippen molar-refractivity contribution in [1.82, 2.24) is 4.90 Å². The molecule has 0 amide bonds. The summed E-state index contributed by atoms with van der Waals surface area (Å²) in [6.07, 6.45) is 0. The lowest BCUT2D eigenvalue weighted by Gasteiger charge is -2.18. The van der Waals surface area contributed by atoms with Crippen LogP contribution in [0.4, 0.5) is 5.69 Å². The van der Waals surface area contributed by atoms with E-state index in [0.29, 0.717) is 24.4 Å². The predicted octanol–water partition coefficient (Wildman–Crippen LogP) is 1.95. The molecule has 6 nitrogen and oxygen atoms in total. The lowest BCUT2D eigenvalue weighted by molar-refractivity contribution is -0.384. The summed E-state index contributed by atoms with van der Waals surface area (Å²) in [4.78, 5) is 12.2. The van der Waals surface area contributed by atoms with Crippen LogP contribution in [0.3, 0.4) is 0 Å². The third-order valence-corrected chi connectivity index (χ3v) is 2.61. The summed E-state index contributed by atoms with van der Waals surface area (Å²) in [5, 5.41) is 19.4. The van der Waals surface area contributed by atoms with Crippen LogP contribution in [0.2, 0.25) is 0 Å². The van der Waals surface area contributed by atoms with Gasteiger partial charge in [0, 0.05) is 24.2 Å². The molecule has 0 aliphatic rings. The molecule has 0 bridgehead atoms. The monoisotopic (exact) mass is 249 g/mol. The molecule has 0 saturated heterocycles. The van der Waals surface area contributed by atoms with Gasteiger partial charge in [-0.15, -0.1) is 0 Å². The minimum absolute atomic E-state index is 0.0267. The number of hydrogen-bond donors (Lipinski definition) is 0. The number of nitriles is 1. The Hall–Kier alpha value is -2.13. The zero-order valence-electron chi connectivity index (χ0n) is 10.4. The fraction of sp³-hybridized carbons (Fsp3) is 0.417. The first-order valence-corrected chi connectivity index (χ1v) is 5.53. The molecule has 0 heterocycles. The van der Waals surface area contributed by atoms with Gasteiger partial charge in [-0.3, -0.25) is 15.0 Å². The molecular weight excluding hydrogens is 234 g/mol. The molecule has 1 aromatic carbocycles. The van der Waals surface area contributed by atoms with Crippen molar-refractivity contribution in [1.29, 1.82) is 5.26 Å². The van der Waals surface area contributed by atoms with Crippen molar-refractivity contribution in [3.05, 3.63) is 33.9 Å². The first kappa shape index (κ1) is 13.9. The van der Waals surface area contributed by atoms with E-state index in [9.17, 15) is 10.1 Å². The van der Waals surface area contributed by atoms with Crippen molar-refractivity contribution in [2.45, 2.75) is 13.5 Å². The molecule has 18 heavy (non-hydrogen) atoms. The number of hydrogen-bond acceptors (Lipinski definition) is 5. The normalized spacial score (nSPS) is 10.1. The molecule has 1 aromatic rings. The molecule has 6 heteroatoms. The Morgan fingerprint density at radius 1 is 1.56 bits per heavy atom. The van der Waals surface area contributed by atoms with Crippen LogP contribution in [-0.4, -0.2) is 30.0 Å². The second-order valence-corrected chi connectivity index (χ2v) is 3.71. The maximum Gasteiger partial charge on any atom is 0.270 e. The third kappa shape index (κ3) is 3.43. The molecule has 1 rings (SSSR count). The molecule has 0 aromatic heterocycles. The number of nitro groups is 1. The molecule has 0 N–H and O–H groups in total. The number of ether oxygens (including phenoxy) is 1. The number of nitro benzene ring substituents is 1. The van der Waals surface area contributed by atoms with Gasteiger partial charge in [-0.05, 0) is 12.6 Å². The van der Waals surface area contributed by atoms with Crippen LogP contribution in [-0.2, 0) is 6.54 Å². The second kappa shape index (κ2) is 6.57. The van der Waals surface area contributed by atoms with Crippen molar-refractivity contribution in [3.63, 3.8) is 0 Å². The zero-order valence-corrected chi connectivity index (χ0v) is 10.4. The number of methoxy groups -OCH3 is 1. The van der Waals surface area contributed by atoms with Gasteiger partial charge in [0.2, 0.25) is 0 Å². The lowest BCUT2D eigenvalue weighted by Crippen LogP contribution is -2.23. The van der Waals surface area contributed by atoms with E-state index < -0.39 is 4.92 Å². The summed E-state index contributed by atoms with van der Waals surface area (Å²) in [6, 6.07) is 6.53. The SMILES string of the molecule is CCN(CC#N)Cc1cc([N+](=O)[O-])ccc1OC. The number of rotatable bonds is 6. The van der Waals surface area contributed by atoms with E-state index in [-0.39, 0.29) is 12.2 Å². The van der Waals surface area contributed by atoms with Crippen LogP contribution < -0.4 is 4.74 Å². The van der Waals surface area contributed by atoms with Gasteiger partial charge in [0.25, 0.3) is 5.69 Å². The minimum atomic E-state index is -0.441. The Bertz CT molecular complexity index is 468. The third-order valence-electron chi connectivity index (χ3n) is 2.61. The smallest absolute Gasteiger partial charge is 0.270 e. The average Bonchev–Trinajstić information content (AvgIpc) is 2.37. The fourth-order valence-electron chi connectivity index (χ4n) is 1.62. The molecule has 0 aliphatic carbocycles. The molecule has 0 atom stereocenters. The topological polar surface area (TPSA) is 79.4 Å². The largest absolute Gasteiger partial charge is 0.496 e. The highest BCUT2D eigenvalue weighted by Crippen LogP contribution is 2.25. The highest BCUT2D eigenvalue weighted by atomic mass is 16.6. The Morgan fingerprint density at radius 3 is 2.78 bits per heavy atom. The summed E-state index contributed by atoms with van der Waals surface area (Å²) in [6.45, 7) is 3.36. The predicted molar refractivity (Wildman–Crippen MR) is 66.2 cm³/mol. The number of benzene rings is 1. The maximum absolute atomic E-state index is 10.7. The van der Waals surface area contributed by atoms with Crippen molar-refractivity contribution in [2.75, 3.05) is 20.2 Å². The van der Waals surface area contributed by atoms with Crippen LogP contribution in [0.15, 0.2) is 18.2 Å². The molecule has 96 valence electrons. The standard InChI is InChI=1S/C12H15N3O3/c1-3-14(7-6-13)9-10-8-11(15(16)17)4-5-12(10)18-2/h4-5,8H,3,7,9H2,1-2H3. The van der Waals surface area contributed by atoms with E-state index in [4.69, 9.17) is 10.00 Å². The van der Waals surface area contributed by atoms with Crippen molar-refractivity contribution >= 4 is 5.69 Å². The van der Waals surface area contributed by atoms with E-state index in [0.717, 1.165) is 0 Å². The average molecular weight is 249 g/mol. The van der Waals surface area contributed by atoms with Crippen LogP contribution in [0.5, 0.6) is 5.75 Å². The highest BCUT2D eigenvalue weighted by Gasteiger charge is 2.13. The van der Waals surface area contributed by atoms with Gasteiger partial charge in [-0.1, -0.05) is 6.92 Å². The van der Waals surface area contributed by atoms with Gasteiger partial charge in [-0.2, -0.15) is 5.26 Å². The summed E-state index contributed by atoms with van der Waals surface area (Å²) < 4.78 is 5.17. The van der Waals surface area contributed by atoms with E-state index in [1.54, 1.807) is 6.07 Å². The summed E-state index contributed by atoms with van der Waals surface area (Å²) >= 11 is 0. The number of nitrogens with zero attached hydrogens (tertiary/aromatic N) is 3. The van der Waals surface area contributed by atoms with E-state index in [1.807, 2.05) is 11.8 Å². The zero-order chi connectivity index (χ0) is 13.5. The molecule has 0 fully saturated rings. The van der Waals surface area contributed by atoms with Gasteiger partial charge < -0.3 is 4.74 Å². The van der Waals surface area contributed by atoms with Crippen molar-refractivity contribution in [3.8, 4) is 11.8 Å². The van der Waals surface area contributed by atoms with Crippen molar-refractivity contribution < 1.29 is 9.66 Å². The van der Waals surface area contributed by atoms with Gasteiger partial charge in [0.1, 0.15) is 5.75 Å². The quantitative estimate of drug-likeness (QED) is 0.437. The van der Waals surface area contributed by atoms with Crippen molar-refractivity contribution in [2.24, 2.45) is 0 Å². The molecule has 0 spiro atoms. The van der Waals surface area contributed by atoms with Gasteiger partial charge in [0.15, 0.2) is 0 Å². The Balaban J connectivity index is 3.00. The molecule has 0 aliphatic heterocycles. The summed E-state index contributed by atoms with van der Waals surface area (Å²) in [5.74, 6) is 0.594. The lowest BCUT2D eigenvalue weighted by atomic mass is 10.1. The van der Waals surface area contributed by atoms with Gasteiger partial charge >= 0.3 is 0 Å². The Labute approximate surface area is 106 Å². The highest BCUT2D eigenvalue weighted by molar-refractivity contribution is 5.43. The van der Waals surface area contributed by atoms with Crippen LogP contribution in [0, 0.1) is 21.4 Å². The summed E-state index contributed by atoms with van der Waals surface area (Å²) in [7, 11) is 1.52. The Kier molecular flexibility index (Phi) is 5.08. The first-order valence-electron chi connectivity index (χ1n) is 5.53. The number of non-ortho nitro benzene ring substituents is 1. The van der Waals surface area contributed by atoms with Crippen LogP contribution in [0.1, 0.15) is 12.5 Å². The molecule has 0 radical (unpaired) electrons. The Morgan fingerprint density at radius 2 is 2.28 bits per heavy atom. The molecule has 0 saturated carbocycles. The maximum atomic E-state index is 10.7. The van der Waals surface area contributed by atoms with Crippen LogP contribution in [0.25, 0.3) is 0 Å². The molecular formula is C12H15N3O3. The fourth-order valence-corrected chi connectivity index (χ4v) is 1.62.